The van der Waals surface area contributed by atoms with Crippen molar-refractivity contribution in [2.24, 2.45) is 5.41 Å². The van der Waals surface area contributed by atoms with Gasteiger partial charge in [0.1, 0.15) is 16.8 Å². The van der Waals surface area contributed by atoms with E-state index in [4.69, 9.17) is 0 Å². The number of alkyl halides is 6. The second kappa shape index (κ2) is 10.2. The number of carbonyl (C=O) groups is 2. The molecule has 2 N–H and O–H groups in total. The van der Waals surface area contributed by atoms with E-state index in [-0.39, 0.29) is 43.1 Å². The van der Waals surface area contributed by atoms with Crippen LogP contribution in [0.1, 0.15) is 40.5 Å². The predicted octanol–water partition coefficient (Wildman–Crippen LogP) is 4.71. The smallest absolute Gasteiger partial charge is 0.436 e. The van der Waals surface area contributed by atoms with Crippen LogP contribution in [0.15, 0.2) is 42.5 Å². The van der Waals surface area contributed by atoms with E-state index in [1.165, 1.54) is 34.9 Å². The van der Waals surface area contributed by atoms with E-state index in [0.29, 0.717) is 0 Å². The van der Waals surface area contributed by atoms with Crippen LogP contribution in [0.25, 0.3) is 0 Å². The minimum atomic E-state index is -5.02. The maximum absolute atomic E-state index is 14.0. The molecule has 0 saturated carbocycles. The lowest BCUT2D eigenvalue weighted by atomic mass is 9.75. The zero-order valence-corrected chi connectivity index (χ0v) is 21.8. The van der Waals surface area contributed by atoms with Gasteiger partial charge >= 0.3 is 18.3 Å². The highest BCUT2D eigenvalue weighted by Crippen LogP contribution is 2.40. The Hall–Kier alpha value is -3.97. The summed E-state index contributed by atoms with van der Waals surface area (Å²) in [5, 5.41) is 15.9. The summed E-state index contributed by atoms with van der Waals surface area (Å²) < 4.78 is 83.7. The number of halogens is 6. The molecule has 1 aliphatic heterocycles. The topological polar surface area (TPSA) is 90.7 Å². The standard InChI is InChI=1S/C26H27F6N5O3/c1-15(24(23(39)40)7-5-4-6-8-24)33-21(38)19-20(26(30,31)32)34-37-10-9-36(22(19)37)14-16-11-17(25(27,28)29)13-18(12-16)35(2)3/h4-7,11-13,15H,8-10,14H2,1-3H3,(H,33,38)(H,39,40). The third kappa shape index (κ3) is 5.39. The average Bonchev–Trinajstić information content (AvgIpc) is 3.43. The van der Waals surface area contributed by atoms with Crippen molar-refractivity contribution >= 4 is 23.4 Å². The van der Waals surface area contributed by atoms with Gasteiger partial charge in [-0.25, -0.2) is 4.68 Å². The van der Waals surface area contributed by atoms with E-state index in [2.05, 4.69) is 10.4 Å². The first-order valence-corrected chi connectivity index (χ1v) is 12.2. The highest BCUT2D eigenvalue weighted by Gasteiger charge is 2.47. The number of amides is 1. The lowest BCUT2D eigenvalue weighted by molar-refractivity contribution is -0.147. The van der Waals surface area contributed by atoms with Crippen molar-refractivity contribution in [1.29, 1.82) is 0 Å². The number of rotatable bonds is 7. The van der Waals surface area contributed by atoms with E-state index >= 15 is 0 Å². The molecule has 2 atom stereocenters. The number of nitrogens with one attached hydrogen (secondary N) is 1. The molecule has 1 aromatic carbocycles. The Morgan fingerprint density at radius 1 is 1.10 bits per heavy atom. The van der Waals surface area contributed by atoms with Crippen molar-refractivity contribution in [2.45, 2.75) is 44.8 Å². The predicted molar refractivity (Wildman–Crippen MR) is 134 cm³/mol. The van der Waals surface area contributed by atoms with Gasteiger partial charge in [-0.3, -0.25) is 9.59 Å². The summed E-state index contributed by atoms with van der Waals surface area (Å²) >= 11 is 0. The van der Waals surface area contributed by atoms with Crippen LogP contribution in [0, 0.1) is 5.41 Å². The van der Waals surface area contributed by atoms with E-state index in [9.17, 15) is 41.0 Å². The first-order valence-electron chi connectivity index (χ1n) is 12.2. The molecule has 0 saturated heterocycles. The Morgan fingerprint density at radius 2 is 1.80 bits per heavy atom. The van der Waals surface area contributed by atoms with E-state index in [1.807, 2.05) is 0 Å². The average molecular weight is 572 g/mol. The highest BCUT2D eigenvalue weighted by atomic mass is 19.4. The van der Waals surface area contributed by atoms with Gasteiger partial charge in [0.2, 0.25) is 0 Å². The van der Waals surface area contributed by atoms with Crippen LogP contribution in [-0.2, 0) is 30.2 Å². The fourth-order valence-electron chi connectivity index (χ4n) is 4.92. The Balaban J connectivity index is 1.73. The van der Waals surface area contributed by atoms with Crippen LogP contribution in [0.4, 0.5) is 37.8 Å². The second-order valence-corrected chi connectivity index (χ2v) is 10.0. The SMILES string of the molecule is CC(NC(=O)c1c(C(F)(F)F)nn2c1N(Cc1cc(N(C)C)cc(C(F)(F)F)c1)CC2)C1(C(=O)O)C=CC=CC1. The zero-order valence-electron chi connectivity index (χ0n) is 21.8. The molecule has 0 radical (unpaired) electrons. The molecule has 4 rings (SSSR count). The first-order chi connectivity index (χ1) is 18.5. The highest BCUT2D eigenvalue weighted by molar-refractivity contribution is 6.01. The number of hydrogen-bond donors (Lipinski definition) is 2. The molecule has 1 aliphatic carbocycles. The number of hydrogen-bond acceptors (Lipinski definition) is 5. The molecule has 0 spiro atoms. The first kappa shape index (κ1) is 29.0. The van der Waals surface area contributed by atoms with Gasteiger partial charge in [-0.2, -0.15) is 31.4 Å². The van der Waals surface area contributed by atoms with Gasteiger partial charge in [0.15, 0.2) is 5.69 Å². The summed E-state index contributed by atoms with van der Waals surface area (Å²) in [6.45, 7) is 1.22. The lowest BCUT2D eigenvalue weighted by Crippen LogP contribution is -2.50. The second-order valence-electron chi connectivity index (χ2n) is 10.0. The van der Waals surface area contributed by atoms with Gasteiger partial charge < -0.3 is 20.2 Å². The van der Waals surface area contributed by atoms with Crippen LogP contribution in [0.5, 0.6) is 0 Å². The molecule has 8 nitrogen and oxygen atoms in total. The number of carboxylic acid groups (broad SMARTS) is 1. The Labute approximate surface area is 225 Å². The van der Waals surface area contributed by atoms with Crippen LogP contribution in [-0.4, -0.2) is 53.4 Å². The number of anilines is 2. The van der Waals surface area contributed by atoms with E-state index < -0.39 is 52.5 Å². The molecule has 1 amide bonds. The number of carboxylic acids is 1. The molecular weight excluding hydrogens is 544 g/mol. The summed E-state index contributed by atoms with van der Waals surface area (Å²) in [6, 6.07) is 2.25. The Kier molecular flexibility index (Phi) is 7.41. The number of allylic oxidation sites excluding steroid dienone is 3. The number of nitrogens with zero attached hydrogens (tertiary/aromatic N) is 4. The number of benzene rings is 1. The van der Waals surface area contributed by atoms with E-state index in [1.54, 1.807) is 26.2 Å². The van der Waals surface area contributed by atoms with Crippen molar-refractivity contribution in [3.05, 3.63) is 64.9 Å². The molecular formula is C26H27F6N5O3. The van der Waals surface area contributed by atoms with Crippen LogP contribution < -0.4 is 15.1 Å². The summed E-state index contributed by atoms with van der Waals surface area (Å²) in [5.74, 6) is -2.65. The minimum absolute atomic E-state index is 0.00834. The fraction of sp³-hybridized carbons (Fsp3) is 0.423. The monoisotopic (exact) mass is 571 g/mol. The minimum Gasteiger partial charge on any atom is -0.481 e. The third-order valence-corrected chi connectivity index (χ3v) is 7.11. The molecule has 14 heteroatoms. The quantitative estimate of drug-likeness (QED) is 0.468. The molecule has 40 heavy (non-hydrogen) atoms. The molecule has 0 bridgehead atoms. The summed E-state index contributed by atoms with van der Waals surface area (Å²) in [5.41, 5.74) is -4.36. The lowest BCUT2D eigenvalue weighted by Gasteiger charge is -2.33. The molecule has 2 unspecified atom stereocenters. The Bertz CT molecular complexity index is 1380. The number of aromatic nitrogens is 2. The maximum Gasteiger partial charge on any atom is 0.436 e. The van der Waals surface area contributed by atoms with E-state index in [0.717, 1.165) is 16.8 Å². The van der Waals surface area contributed by atoms with Crippen molar-refractivity contribution in [2.75, 3.05) is 30.4 Å². The summed E-state index contributed by atoms with van der Waals surface area (Å²) in [4.78, 5) is 28.3. The molecule has 2 aliphatic rings. The van der Waals surface area contributed by atoms with Crippen molar-refractivity contribution < 1.29 is 41.0 Å². The third-order valence-electron chi connectivity index (χ3n) is 7.11. The largest absolute Gasteiger partial charge is 0.481 e. The van der Waals surface area contributed by atoms with Crippen molar-refractivity contribution in [1.82, 2.24) is 15.1 Å². The van der Waals surface area contributed by atoms with Gasteiger partial charge in [-0.15, -0.1) is 0 Å². The number of aliphatic carboxylic acids is 1. The number of carbonyl (C=O) groups excluding carboxylic acids is 1. The van der Waals surface area contributed by atoms with Gasteiger partial charge in [-0.1, -0.05) is 24.3 Å². The molecule has 0 fully saturated rings. The zero-order chi connectivity index (χ0) is 29.6. The normalized spacial score (nSPS) is 19.5. The van der Waals surface area contributed by atoms with Crippen molar-refractivity contribution in [3.63, 3.8) is 0 Å². The molecule has 1 aromatic heterocycles. The Morgan fingerprint density at radius 3 is 2.35 bits per heavy atom. The summed E-state index contributed by atoms with van der Waals surface area (Å²) in [6.07, 6.45) is -3.61. The van der Waals surface area contributed by atoms with Crippen LogP contribution in [0.2, 0.25) is 0 Å². The molecule has 2 aromatic rings. The van der Waals surface area contributed by atoms with Crippen molar-refractivity contribution in [3.8, 4) is 0 Å². The van der Waals surface area contributed by atoms with Gasteiger partial charge in [0.05, 0.1) is 12.1 Å². The summed E-state index contributed by atoms with van der Waals surface area (Å²) in [7, 11) is 3.12. The van der Waals surface area contributed by atoms with Gasteiger partial charge in [0, 0.05) is 38.9 Å². The maximum atomic E-state index is 14.0. The van der Waals surface area contributed by atoms with Gasteiger partial charge in [0.25, 0.3) is 5.91 Å². The van der Waals surface area contributed by atoms with Crippen LogP contribution >= 0.6 is 0 Å². The van der Waals surface area contributed by atoms with Gasteiger partial charge in [-0.05, 0) is 37.1 Å². The number of fused-ring (bicyclic) bond motifs is 1. The molecule has 216 valence electrons. The van der Waals surface area contributed by atoms with Crippen LogP contribution in [0.3, 0.4) is 0 Å². The molecule has 2 heterocycles. The fourth-order valence-corrected chi connectivity index (χ4v) is 4.92.